The number of ether oxygens (including phenoxy) is 2. The molecule has 0 bridgehead atoms. The molecule has 0 unspecified atom stereocenters. The van der Waals surface area contributed by atoms with Gasteiger partial charge in [0.1, 0.15) is 12.3 Å². The molecule has 0 fully saturated rings. The lowest BCUT2D eigenvalue weighted by molar-refractivity contribution is 0.0600. The third-order valence-corrected chi connectivity index (χ3v) is 4.69. The van der Waals surface area contributed by atoms with Crippen molar-refractivity contribution in [3.05, 3.63) is 94.1 Å². The second kappa shape index (κ2) is 9.89. The van der Waals surface area contributed by atoms with Crippen molar-refractivity contribution < 1.29 is 19.1 Å². The van der Waals surface area contributed by atoms with Crippen molar-refractivity contribution in [3.8, 4) is 5.88 Å². The Bertz CT molecular complexity index is 1020. The molecule has 154 valence electrons. The van der Waals surface area contributed by atoms with Crippen molar-refractivity contribution in [2.45, 2.75) is 19.6 Å². The summed E-state index contributed by atoms with van der Waals surface area (Å²) < 4.78 is 10.4. The summed E-state index contributed by atoms with van der Waals surface area (Å²) in [6, 6.07) is 18.9. The van der Waals surface area contributed by atoms with Crippen LogP contribution in [-0.2, 0) is 11.3 Å². The molecular weight excluding hydrogens is 404 g/mol. The molecule has 0 saturated carbocycles. The number of pyridine rings is 1. The first-order chi connectivity index (χ1) is 14.5. The zero-order valence-corrected chi connectivity index (χ0v) is 17.3. The summed E-state index contributed by atoms with van der Waals surface area (Å²) in [5.74, 6) is -0.373. The highest BCUT2D eigenvalue weighted by molar-refractivity contribution is 6.30. The van der Waals surface area contributed by atoms with Crippen molar-refractivity contribution in [2.75, 3.05) is 7.11 Å². The summed E-state index contributed by atoms with van der Waals surface area (Å²) in [6.45, 7) is 2.17. The lowest BCUT2D eigenvalue weighted by Crippen LogP contribution is -2.27. The van der Waals surface area contributed by atoms with Crippen LogP contribution in [0.15, 0.2) is 66.7 Å². The van der Waals surface area contributed by atoms with E-state index in [9.17, 15) is 9.59 Å². The van der Waals surface area contributed by atoms with E-state index in [-0.39, 0.29) is 17.6 Å². The Morgan fingerprint density at radius 3 is 2.40 bits per heavy atom. The third kappa shape index (κ3) is 5.58. The summed E-state index contributed by atoms with van der Waals surface area (Å²) in [7, 11) is 1.33. The minimum absolute atomic E-state index is 0.252. The van der Waals surface area contributed by atoms with Crippen LogP contribution in [0.3, 0.4) is 0 Å². The summed E-state index contributed by atoms with van der Waals surface area (Å²) in [4.78, 5) is 28.4. The number of nitrogens with one attached hydrogen (secondary N) is 1. The molecule has 2 aromatic carbocycles. The SMILES string of the molecule is COC(=O)c1ccc([C@H](C)NC(=O)c2cccc(OCc3ccc(Cl)cc3)n2)cc1. The number of carbonyl (C=O) groups excluding carboxylic acids is 2. The number of amides is 1. The highest BCUT2D eigenvalue weighted by Gasteiger charge is 2.14. The van der Waals surface area contributed by atoms with Crippen LogP contribution in [0.25, 0.3) is 0 Å². The molecule has 1 atom stereocenters. The number of methoxy groups -OCH3 is 1. The van der Waals surface area contributed by atoms with Gasteiger partial charge in [-0.25, -0.2) is 9.78 Å². The van der Waals surface area contributed by atoms with E-state index in [1.165, 1.54) is 7.11 Å². The minimum Gasteiger partial charge on any atom is -0.473 e. The molecule has 0 spiro atoms. The van der Waals surface area contributed by atoms with Gasteiger partial charge < -0.3 is 14.8 Å². The van der Waals surface area contributed by atoms with E-state index in [0.717, 1.165) is 11.1 Å². The Balaban J connectivity index is 1.61. The molecule has 0 aliphatic carbocycles. The molecule has 1 N–H and O–H groups in total. The molecular formula is C23H21ClN2O4. The van der Waals surface area contributed by atoms with Crippen molar-refractivity contribution in [2.24, 2.45) is 0 Å². The normalized spacial score (nSPS) is 11.4. The van der Waals surface area contributed by atoms with Crippen molar-refractivity contribution in [1.82, 2.24) is 10.3 Å². The molecule has 30 heavy (non-hydrogen) atoms. The lowest BCUT2D eigenvalue weighted by atomic mass is 10.1. The lowest BCUT2D eigenvalue weighted by Gasteiger charge is -2.15. The van der Waals surface area contributed by atoms with Gasteiger partial charge in [-0.15, -0.1) is 0 Å². The number of halogens is 1. The van der Waals surface area contributed by atoms with Gasteiger partial charge in [-0.05, 0) is 48.4 Å². The number of nitrogens with zero attached hydrogens (tertiary/aromatic N) is 1. The summed E-state index contributed by atoms with van der Waals surface area (Å²) in [5, 5.41) is 3.55. The monoisotopic (exact) mass is 424 g/mol. The maximum absolute atomic E-state index is 12.6. The first-order valence-corrected chi connectivity index (χ1v) is 9.67. The maximum Gasteiger partial charge on any atom is 0.337 e. The Hall–Kier alpha value is -3.38. The van der Waals surface area contributed by atoms with Crippen LogP contribution in [0.4, 0.5) is 0 Å². The van der Waals surface area contributed by atoms with Crippen molar-refractivity contribution >= 4 is 23.5 Å². The molecule has 6 nitrogen and oxygen atoms in total. The van der Waals surface area contributed by atoms with E-state index >= 15 is 0 Å². The molecule has 1 heterocycles. The van der Waals surface area contributed by atoms with Gasteiger partial charge in [-0.3, -0.25) is 4.79 Å². The van der Waals surface area contributed by atoms with E-state index in [2.05, 4.69) is 15.0 Å². The summed E-state index contributed by atoms with van der Waals surface area (Å²) in [6.07, 6.45) is 0. The molecule has 0 aliphatic rings. The van der Waals surface area contributed by atoms with E-state index in [4.69, 9.17) is 16.3 Å². The quantitative estimate of drug-likeness (QED) is 0.561. The Morgan fingerprint density at radius 2 is 1.73 bits per heavy atom. The maximum atomic E-state index is 12.6. The van der Waals surface area contributed by atoms with Crippen LogP contribution < -0.4 is 10.1 Å². The van der Waals surface area contributed by atoms with Crippen LogP contribution >= 0.6 is 11.6 Å². The van der Waals surface area contributed by atoms with Crippen LogP contribution in [0.1, 0.15) is 44.9 Å². The van der Waals surface area contributed by atoms with Gasteiger partial charge in [0.15, 0.2) is 0 Å². The number of benzene rings is 2. The van der Waals surface area contributed by atoms with Crippen LogP contribution in [0.2, 0.25) is 5.02 Å². The van der Waals surface area contributed by atoms with Crippen LogP contribution in [-0.4, -0.2) is 24.0 Å². The smallest absolute Gasteiger partial charge is 0.337 e. The van der Waals surface area contributed by atoms with Gasteiger partial charge in [0.25, 0.3) is 5.91 Å². The molecule has 0 radical (unpaired) electrons. The third-order valence-electron chi connectivity index (χ3n) is 4.44. The molecule has 3 aromatic rings. The van der Waals surface area contributed by atoms with Crippen molar-refractivity contribution in [1.29, 1.82) is 0 Å². The van der Waals surface area contributed by atoms with Gasteiger partial charge in [0.2, 0.25) is 5.88 Å². The van der Waals surface area contributed by atoms with Gasteiger partial charge in [0, 0.05) is 11.1 Å². The second-order valence-corrected chi connectivity index (χ2v) is 7.02. The topological polar surface area (TPSA) is 77.5 Å². The van der Waals surface area contributed by atoms with Crippen molar-refractivity contribution in [3.63, 3.8) is 0 Å². The Morgan fingerprint density at radius 1 is 1.03 bits per heavy atom. The predicted molar refractivity (Wildman–Crippen MR) is 114 cm³/mol. The molecule has 1 amide bonds. The second-order valence-electron chi connectivity index (χ2n) is 6.58. The number of carbonyl (C=O) groups is 2. The zero-order chi connectivity index (χ0) is 21.5. The number of rotatable bonds is 7. The van der Waals surface area contributed by atoms with E-state index in [1.54, 1.807) is 54.6 Å². The minimum atomic E-state index is -0.405. The number of hydrogen-bond acceptors (Lipinski definition) is 5. The first kappa shape index (κ1) is 21.3. The fraction of sp³-hybridized carbons (Fsp3) is 0.174. The van der Waals surface area contributed by atoms with Gasteiger partial charge in [-0.1, -0.05) is 41.9 Å². The van der Waals surface area contributed by atoms with Gasteiger partial charge >= 0.3 is 5.97 Å². The zero-order valence-electron chi connectivity index (χ0n) is 16.6. The molecule has 1 aromatic heterocycles. The highest BCUT2D eigenvalue weighted by atomic mass is 35.5. The molecule has 3 rings (SSSR count). The average Bonchev–Trinajstić information content (AvgIpc) is 2.78. The first-order valence-electron chi connectivity index (χ1n) is 9.29. The molecule has 7 heteroatoms. The van der Waals surface area contributed by atoms with E-state index in [0.29, 0.717) is 23.1 Å². The summed E-state index contributed by atoms with van der Waals surface area (Å²) in [5.41, 5.74) is 2.50. The summed E-state index contributed by atoms with van der Waals surface area (Å²) >= 11 is 5.88. The fourth-order valence-corrected chi connectivity index (χ4v) is 2.87. The number of esters is 1. The fourth-order valence-electron chi connectivity index (χ4n) is 2.74. The Kier molecular flexibility index (Phi) is 7.03. The number of aromatic nitrogens is 1. The average molecular weight is 425 g/mol. The highest BCUT2D eigenvalue weighted by Crippen LogP contribution is 2.16. The van der Waals surface area contributed by atoms with Gasteiger partial charge in [-0.2, -0.15) is 0 Å². The Labute approximate surface area is 179 Å². The number of hydrogen-bond donors (Lipinski definition) is 1. The standard InChI is InChI=1S/C23H21ClN2O4/c1-15(17-8-10-18(11-9-17)23(28)29-2)25-22(27)20-4-3-5-21(26-20)30-14-16-6-12-19(24)13-7-16/h3-13,15H,14H2,1-2H3,(H,25,27)/t15-/m0/s1. The van der Waals surface area contributed by atoms with Gasteiger partial charge in [0.05, 0.1) is 18.7 Å². The predicted octanol–water partition coefficient (Wildman–Crippen LogP) is 4.59. The van der Waals surface area contributed by atoms with E-state index in [1.807, 2.05) is 19.1 Å². The molecule has 0 aliphatic heterocycles. The van der Waals surface area contributed by atoms with Crippen LogP contribution in [0, 0.1) is 0 Å². The largest absolute Gasteiger partial charge is 0.473 e. The van der Waals surface area contributed by atoms with E-state index < -0.39 is 5.97 Å². The van der Waals surface area contributed by atoms with Crippen LogP contribution in [0.5, 0.6) is 5.88 Å². The molecule has 0 saturated heterocycles.